The summed E-state index contributed by atoms with van der Waals surface area (Å²) in [5.74, 6) is 1.73. The van der Waals surface area contributed by atoms with Gasteiger partial charge in [-0.3, -0.25) is 4.79 Å². The molecule has 1 amide bonds. The zero-order valence-electron chi connectivity index (χ0n) is 14.5. The van der Waals surface area contributed by atoms with Crippen LogP contribution in [0.15, 0.2) is 24.3 Å². The van der Waals surface area contributed by atoms with Crippen molar-refractivity contribution in [1.29, 1.82) is 0 Å². The summed E-state index contributed by atoms with van der Waals surface area (Å²) in [5.41, 5.74) is 1.07. The number of carbonyl (C=O) groups is 1. The lowest BCUT2D eigenvalue weighted by molar-refractivity contribution is -0.135. The Labute approximate surface area is 153 Å². The molecule has 2 fully saturated rings. The number of nitrogens with zero attached hydrogens (tertiary/aromatic N) is 1. The average Bonchev–Trinajstić information content (AvgIpc) is 2.95. The molecule has 25 heavy (non-hydrogen) atoms. The highest BCUT2D eigenvalue weighted by Gasteiger charge is 2.50. The van der Waals surface area contributed by atoms with Crippen LogP contribution in [0.2, 0.25) is 0 Å². The minimum Gasteiger partial charge on any atom is -0.497 e. The Kier molecular flexibility index (Phi) is 5.20. The molecule has 2 aliphatic rings. The number of methoxy groups -OCH3 is 1. The lowest BCUT2D eigenvalue weighted by atomic mass is 9.91. The monoisotopic (exact) mass is 384 g/mol. The molecule has 1 N–H and O–H groups in total. The number of nitrogens with one attached hydrogen (secondary N) is 1. The average molecular weight is 385 g/mol. The minimum atomic E-state index is -3.08. The molecule has 1 aromatic rings. The van der Waals surface area contributed by atoms with Gasteiger partial charge in [-0.2, -0.15) is 0 Å². The summed E-state index contributed by atoms with van der Waals surface area (Å²) in [4.78, 5) is 13.9. The molecule has 0 aromatic heterocycles. The first kappa shape index (κ1) is 18.4. The molecule has 0 saturated carbocycles. The van der Waals surface area contributed by atoms with Crippen LogP contribution in [0, 0.1) is 0 Å². The van der Waals surface area contributed by atoms with Crippen molar-refractivity contribution in [3.63, 3.8) is 0 Å². The third-order valence-corrected chi connectivity index (χ3v) is 7.22. The molecule has 0 bridgehead atoms. The summed E-state index contributed by atoms with van der Waals surface area (Å²) in [6.45, 7) is 1.45. The van der Waals surface area contributed by atoms with E-state index in [1.54, 1.807) is 12.0 Å². The van der Waals surface area contributed by atoms with Crippen molar-refractivity contribution in [3.05, 3.63) is 24.3 Å². The number of likely N-dealkylation sites (tertiary alicyclic amines) is 1. The maximum atomic E-state index is 12.1. The van der Waals surface area contributed by atoms with Gasteiger partial charge in [-0.25, -0.2) is 8.42 Å². The van der Waals surface area contributed by atoms with Gasteiger partial charge in [0.25, 0.3) is 0 Å². The first-order valence-corrected chi connectivity index (χ1v) is 11.3. The number of anilines is 1. The van der Waals surface area contributed by atoms with Gasteiger partial charge in [0.05, 0.1) is 17.6 Å². The Balaban J connectivity index is 1.46. The maximum Gasteiger partial charge on any atom is 0.223 e. The van der Waals surface area contributed by atoms with Crippen molar-refractivity contribution in [1.82, 2.24) is 4.90 Å². The number of benzene rings is 1. The molecular weight excluding hydrogens is 360 g/mol. The summed E-state index contributed by atoms with van der Waals surface area (Å²) in [6, 6.07) is 8.27. The highest BCUT2D eigenvalue weighted by atomic mass is 32.2. The molecule has 3 rings (SSSR count). The number of hydrogen-bond acceptors (Lipinski definition) is 6. The topological polar surface area (TPSA) is 75.7 Å². The number of rotatable bonds is 6. The highest BCUT2D eigenvalue weighted by Crippen LogP contribution is 2.46. The number of carbonyl (C=O) groups excluding carboxylic acids is 1. The molecule has 1 atom stereocenters. The summed E-state index contributed by atoms with van der Waals surface area (Å²) >= 11 is 1.91. The van der Waals surface area contributed by atoms with Crippen molar-refractivity contribution in [2.45, 2.75) is 23.6 Å². The van der Waals surface area contributed by atoms with Crippen LogP contribution in [0.5, 0.6) is 5.75 Å². The zero-order valence-corrected chi connectivity index (χ0v) is 16.2. The minimum absolute atomic E-state index is 0.0526. The fourth-order valence-corrected chi connectivity index (χ4v) is 5.45. The fraction of sp³-hybridized carbons (Fsp3) is 0.588. The standard InChI is InChI=1S/C17H24N2O4S2/c1-23-15-5-3-13(4-6-15)18-14-9-17(24-10-14)11-19(12-17)16(20)7-8-25(2,21)22/h3-6,14,18H,7-12H2,1-2H3. The van der Waals surface area contributed by atoms with Crippen molar-refractivity contribution < 1.29 is 17.9 Å². The lowest BCUT2D eigenvalue weighted by Crippen LogP contribution is -2.61. The van der Waals surface area contributed by atoms with Crippen LogP contribution in [-0.4, -0.2) is 68.0 Å². The van der Waals surface area contributed by atoms with E-state index < -0.39 is 9.84 Å². The third kappa shape index (κ3) is 4.61. The Morgan fingerprint density at radius 3 is 2.64 bits per heavy atom. The van der Waals surface area contributed by atoms with Crippen LogP contribution < -0.4 is 10.1 Å². The maximum absolute atomic E-state index is 12.1. The van der Waals surface area contributed by atoms with Gasteiger partial charge in [0.1, 0.15) is 15.6 Å². The Hall–Kier alpha value is -1.41. The van der Waals surface area contributed by atoms with Crippen LogP contribution in [-0.2, 0) is 14.6 Å². The van der Waals surface area contributed by atoms with E-state index in [1.807, 2.05) is 36.0 Å². The first-order chi connectivity index (χ1) is 11.8. The summed E-state index contributed by atoms with van der Waals surface area (Å²) < 4.78 is 27.7. The van der Waals surface area contributed by atoms with Gasteiger partial charge in [0.2, 0.25) is 5.91 Å². The van der Waals surface area contributed by atoms with Crippen molar-refractivity contribution >= 4 is 33.2 Å². The van der Waals surface area contributed by atoms with Gasteiger partial charge < -0.3 is 15.0 Å². The van der Waals surface area contributed by atoms with E-state index >= 15 is 0 Å². The van der Waals surface area contributed by atoms with Gasteiger partial charge in [0, 0.05) is 43.2 Å². The number of ether oxygens (including phenoxy) is 1. The molecule has 6 nitrogen and oxygen atoms in total. The molecular formula is C17H24N2O4S2. The molecule has 2 saturated heterocycles. The predicted molar refractivity (Wildman–Crippen MR) is 101 cm³/mol. The fourth-order valence-electron chi connectivity index (χ4n) is 3.34. The molecule has 0 aliphatic carbocycles. The number of thioether (sulfide) groups is 1. The van der Waals surface area contributed by atoms with Gasteiger partial charge in [-0.15, -0.1) is 11.8 Å². The molecule has 1 aromatic carbocycles. The Morgan fingerprint density at radius 1 is 1.36 bits per heavy atom. The number of amides is 1. The van der Waals surface area contributed by atoms with Crippen LogP contribution in [0.25, 0.3) is 0 Å². The normalized spacial score (nSPS) is 21.8. The zero-order chi connectivity index (χ0) is 18.1. The van der Waals surface area contributed by atoms with Gasteiger partial charge in [-0.05, 0) is 30.7 Å². The van der Waals surface area contributed by atoms with Crippen molar-refractivity contribution in [3.8, 4) is 5.75 Å². The lowest BCUT2D eigenvalue weighted by Gasteiger charge is -2.47. The summed E-state index contributed by atoms with van der Waals surface area (Å²) in [5, 5.41) is 3.55. The first-order valence-electron chi connectivity index (χ1n) is 8.29. The molecule has 2 aliphatic heterocycles. The second-order valence-electron chi connectivity index (χ2n) is 6.90. The summed E-state index contributed by atoms with van der Waals surface area (Å²) in [6.07, 6.45) is 2.27. The van der Waals surface area contributed by atoms with E-state index in [0.717, 1.165) is 36.7 Å². The van der Waals surface area contributed by atoms with Crippen LogP contribution >= 0.6 is 11.8 Å². The van der Waals surface area contributed by atoms with Crippen molar-refractivity contribution in [2.24, 2.45) is 0 Å². The van der Waals surface area contributed by atoms with Crippen LogP contribution in [0.3, 0.4) is 0 Å². The molecule has 138 valence electrons. The van der Waals surface area contributed by atoms with Gasteiger partial charge >= 0.3 is 0 Å². The van der Waals surface area contributed by atoms with Crippen LogP contribution in [0.4, 0.5) is 5.69 Å². The molecule has 1 unspecified atom stereocenters. The Morgan fingerprint density at radius 2 is 2.04 bits per heavy atom. The van der Waals surface area contributed by atoms with Crippen LogP contribution in [0.1, 0.15) is 12.8 Å². The highest BCUT2D eigenvalue weighted by molar-refractivity contribution is 8.01. The van der Waals surface area contributed by atoms with E-state index in [1.165, 1.54) is 6.26 Å². The SMILES string of the molecule is COc1ccc(NC2CSC3(C2)CN(C(=O)CCS(C)(=O)=O)C3)cc1. The molecule has 1 spiro atoms. The second-order valence-corrected chi connectivity index (χ2v) is 10.6. The van der Waals surface area contributed by atoms with E-state index in [4.69, 9.17) is 4.74 Å². The van der Waals surface area contributed by atoms with E-state index in [9.17, 15) is 13.2 Å². The Bertz CT molecular complexity index is 728. The second kappa shape index (κ2) is 7.07. The largest absolute Gasteiger partial charge is 0.497 e. The number of hydrogen-bond donors (Lipinski definition) is 1. The van der Waals surface area contributed by atoms with Gasteiger partial charge in [-0.1, -0.05) is 0 Å². The van der Waals surface area contributed by atoms with Crippen molar-refractivity contribution in [2.75, 3.05) is 43.3 Å². The molecule has 8 heteroatoms. The third-order valence-electron chi connectivity index (χ3n) is 4.67. The van der Waals surface area contributed by atoms with E-state index in [-0.39, 0.29) is 22.8 Å². The van der Waals surface area contributed by atoms with E-state index in [0.29, 0.717) is 6.04 Å². The van der Waals surface area contributed by atoms with E-state index in [2.05, 4.69) is 5.32 Å². The summed E-state index contributed by atoms with van der Waals surface area (Å²) in [7, 11) is -1.43. The van der Waals surface area contributed by atoms with Gasteiger partial charge in [0.15, 0.2) is 0 Å². The molecule has 0 radical (unpaired) electrons. The quantitative estimate of drug-likeness (QED) is 0.803. The number of sulfone groups is 1. The smallest absolute Gasteiger partial charge is 0.223 e. The predicted octanol–water partition coefficient (Wildman–Crippen LogP) is 1.63. The molecule has 2 heterocycles.